The maximum Gasteiger partial charge on any atom is 0.329 e. The number of rotatable bonds is 10. The predicted octanol–water partition coefficient (Wildman–Crippen LogP) is -15.1. The maximum atomic E-state index is 11.8. The van der Waals surface area contributed by atoms with Crippen LogP contribution in [0.15, 0.2) is 0 Å². The van der Waals surface area contributed by atoms with Crippen LogP contribution in [0.5, 0.6) is 0 Å². The van der Waals surface area contributed by atoms with Crippen LogP contribution in [-0.2, 0) is 75.8 Å². The van der Waals surface area contributed by atoms with Gasteiger partial charge in [-0.3, -0.25) is 0 Å². The average molecular weight is 1190 g/mol. The Morgan fingerprint density at radius 2 is 0.432 bits per heavy atom. The molecule has 81 heavy (non-hydrogen) atoms. The number of aliphatic hydroxyl groups excluding tert-OH is 20. The summed E-state index contributed by atoms with van der Waals surface area (Å²) in [6, 6.07) is 0. The van der Waals surface area contributed by atoms with Crippen molar-refractivity contribution in [1.29, 1.82) is 0 Å². The minimum Gasteiger partial charge on any atom is -0.480 e. The van der Waals surface area contributed by atoms with Crippen LogP contribution in [0.1, 0.15) is 0 Å². The van der Waals surface area contributed by atoms with Crippen molar-refractivity contribution in [2.45, 2.75) is 215 Å². The topological polar surface area (TPSA) is 580 Å². The first-order valence-corrected chi connectivity index (χ1v) is 25.7. The molecule has 21 aliphatic rings. The van der Waals surface area contributed by atoms with E-state index in [0.717, 1.165) is 0 Å². The molecule has 470 valence electrons. The van der Waals surface area contributed by atoms with Crippen molar-refractivity contribution >= 4 is 5.97 Å². The van der Waals surface area contributed by atoms with E-state index in [-0.39, 0.29) is 0 Å². The highest BCUT2D eigenvalue weighted by atomic mass is 16.8. The minimum atomic E-state index is -2.27. The lowest BCUT2D eigenvalue weighted by Gasteiger charge is -2.50. The lowest BCUT2D eigenvalue weighted by molar-refractivity contribution is -0.397. The molecule has 21 saturated heterocycles. The molecule has 0 aromatic rings. The number of carboxylic acid groups (broad SMARTS) is 1. The van der Waals surface area contributed by atoms with Gasteiger partial charge in [-0.1, -0.05) is 0 Å². The predicted molar refractivity (Wildman–Crippen MR) is 240 cm³/mol. The summed E-state index contributed by atoms with van der Waals surface area (Å²) in [4.78, 5) is 11.8. The van der Waals surface area contributed by atoms with E-state index < -0.39 is 274 Å². The number of hydrogen-bond donors (Lipinski definition) is 21. The van der Waals surface area contributed by atoms with Crippen LogP contribution in [-0.4, -0.2) is 381 Å². The van der Waals surface area contributed by atoms with E-state index >= 15 is 0 Å². The van der Waals surface area contributed by atoms with Crippen molar-refractivity contribution < 1.29 is 183 Å². The van der Waals surface area contributed by atoms with Gasteiger partial charge in [0.15, 0.2) is 44.0 Å². The highest BCUT2D eigenvalue weighted by Crippen LogP contribution is 2.39. The minimum absolute atomic E-state index is 1.06. The van der Waals surface area contributed by atoms with Crippen molar-refractivity contribution in [3.8, 4) is 0 Å². The second-order valence-corrected chi connectivity index (χ2v) is 20.3. The van der Waals surface area contributed by atoms with Gasteiger partial charge in [-0.05, 0) is 0 Å². The molecular formula is C44H72O37. The monoisotopic (exact) mass is 1190 g/mol. The third-order valence-corrected chi connectivity index (χ3v) is 15.2. The number of hydrogen-bond acceptors (Lipinski definition) is 36. The Labute approximate surface area is 456 Å². The molecule has 37 heteroatoms. The van der Waals surface area contributed by atoms with Crippen molar-refractivity contribution in [1.82, 2.24) is 0 Å². The Balaban J connectivity index is 1.10. The molecule has 21 fully saturated rings. The van der Waals surface area contributed by atoms with Gasteiger partial charge >= 0.3 is 5.97 Å². The molecule has 0 aromatic carbocycles. The molecule has 21 rings (SSSR count). The van der Waals surface area contributed by atoms with Crippen LogP contribution in [0.3, 0.4) is 0 Å². The summed E-state index contributed by atoms with van der Waals surface area (Å²) in [5.41, 5.74) is 0. The highest BCUT2D eigenvalue weighted by Gasteiger charge is 2.60. The van der Waals surface area contributed by atoms with Crippen molar-refractivity contribution in [2.24, 2.45) is 0 Å². The summed E-state index contributed by atoms with van der Waals surface area (Å²) in [5.74, 6) is -1.62. The molecule has 0 unspecified atom stereocenters. The van der Waals surface area contributed by atoms with Gasteiger partial charge in [-0.2, -0.15) is 0 Å². The summed E-state index contributed by atoms with van der Waals surface area (Å²) in [7, 11) is 0. The zero-order valence-electron chi connectivity index (χ0n) is 42.3. The van der Waals surface area contributed by atoms with Gasteiger partial charge < -0.3 is 178 Å². The smallest absolute Gasteiger partial charge is 0.329 e. The van der Waals surface area contributed by atoms with Gasteiger partial charge in [-0.25, -0.2) is 4.79 Å². The molecule has 14 bridgehead atoms. The number of carbonyl (C=O) groups is 1. The van der Waals surface area contributed by atoms with Gasteiger partial charge in [0.1, 0.15) is 178 Å². The Bertz CT molecular complexity index is 1950. The zero-order valence-corrected chi connectivity index (χ0v) is 42.3. The van der Waals surface area contributed by atoms with Crippen LogP contribution < -0.4 is 0 Å². The fourth-order valence-corrected chi connectivity index (χ4v) is 10.8. The number of ether oxygens (including phenoxy) is 15. The summed E-state index contributed by atoms with van der Waals surface area (Å²) < 4.78 is 85.4. The summed E-state index contributed by atoms with van der Waals surface area (Å²) >= 11 is 0. The quantitative estimate of drug-likeness (QED) is 0.0966. The van der Waals surface area contributed by atoms with E-state index in [0.29, 0.717) is 0 Å². The molecule has 37 nitrogen and oxygen atoms in total. The summed E-state index contributed by atoms with van der Waals surface area (Å²) in [6.07, 6.45) is -71.4. The Morgan fingerprint density at radius 3 is 0.617 bits per heavy atom. The lowest BCUT2D eigenvalue weighted by Crippen LogP contribution is -2.68. The zero-order chi connectivity index (χ0) is 59.0. The van der Waals surface area contributed by atoms with Crippen molar-refractivity contribution in [2.75, 3.05) is 52.9 Å². The van der Waals surface area contributed by atoms with E-state index in [4.69, 9.17) is 71.1 Å². The van der Waals surface area contributed by atoms with Gasteiger partial charge in [0.25, 0.3) is 0 Å². The fraction of sp³-hybridized carbons (Fsp3) is 0.977. The molecule has 0 aliphatic carbocycles. The normalized spacial score (nSPS) is 53.2. The van der Waals surface area contributed by atoms with E-state index in [1.165, 1.54) is 0 Å². The SMILES string of the molecule is O=C(O)CO[C@@H]1[C@@H](O)[C@H]2O[C@H]3[C@@H](O)[C@H](O)[C@@H](O[C@H]4[C@@H](O)[C@H](O)[C@@H](O[C@H]5[C@H](O)[C@@H](O)[C@@H](O[C@H]6[C@H](O)[C@@H](O)[C@@H](O[C@H]7[C@H](O)[C@@H](O)[C@@H](O[C@H]8[C@H](O)[C@@H](O)[C@@H](O[C@@H]1[C@@H](CO)O2)O[C@@H]8CO)O[C@@H]7CO)O[C@@H]6CO)O[C@@H]5CO)O[C@@H]4CO)O[C@@H]3CO. The largest absolute Gasteiger partial charge is 0.480 e. The molecule has 0 spiro atoms. The third kappa shape index (κ3) is 13.2. The number of aliphatic hydroxyl groups is 20. The van der Waals surface area contributed by atoms with E-state index in [2.05, 4.69) is 0 Å². The molecule has 0 amide bonds. The van der Waals surface area contributed by atoms with Gasteiger partial charge in [-0.15, -0.1) is 0 Å². The summed E-state index contributed by atoms with van der Waals surface area (Å²) in [5, 5.41) is 230. The van der Waals surface area contributed by atoms with E-state index in [1.807, 2.05) is 0 Å². The van der Waals surface area contributed by atoms with Crippen LogP contribution in [0.4, 0.5) is 0 Å². The lowest BCUT2D eigenvalue weighted by atomic mass is 9.95. The first kappa shape index (κ1) is 65.1. The molecular weight excluding hydrogens is 1120 g/mol. The van der Waals surface area contributed by atoms with E-state index in [9.17, 15) is 112 Å². The van der Waals surface area contributed by atoms with Crippen molar-refractivity contribution in [3.63, 3.8) is 0 Å². The van der Waals surface area contributed by atoms with Crippen LogP contribution in [0.2, 0.25) is 0 Å². The molecule has 21 aliphatic heterocycles. The van der Waals surface area contributed by atoms with Gasteiger partial charge in [0.2, 0.25) is 0 Å². The Morgan fingerprint density at radius 1 is 0.259 bits per heavy atom. The first-order chi connectivity index (χ1) is 38.5. The first-order valence-electron chi connectivity index (χ1n) is 25.7. The molecule has 21 N–H and O–H groups in total. The van der Waals surface area contributed by atoms with Gasteiger partial charge in [0, 0.05) is 0 Å². The van der Waals surface area contributed by atoms with E-state index in [1.54, 1.807) is 0 Å². The second-order valence-electron chi connectivity index (χ2n) is 20.3. The fourth-order valence-electron chi connectivity index (χ4n) is 10.8. The second kappa shape index (κ2) is 27.8. The summed E-state index contributed by atoms with van der Waals surface area (Å²) in [6.45, 7) is -8.76. The molecule has 0 saturated carbocycles. The third-order valence-electron chi connectivity index (χ3n) is 15.2. The standard InChI is InChI=1S/C44H72O37/c45-1-9-30-18(55)24(61)39(69-9)77-32-11(3-47)71-41(26(63)20(32)57)79-34-13(5-49)73-43(28(65)22(34)59)81-36-15(7-51)74-44(29(66)37(36)67-8-16(52)53)80-35-14(6-50)72-42(27(64)21(35)58)78-33-12(4-48)70-40(25(62)19(33)56)76-31-10(2-46)68-38(75-30)23(60)17(31)54/h9-15,17-51,54-66H,1-8H2,(H,52,53)/t9-,10-,11-,12-,13-,14-,15-,17-,18-,19+,20-,21+,22-,23-,24-,25+,26-,27+,28-,29-,30-,31-,32-,33-,34-,35-,36-,37-,38-,39-,40-,41-,42-,43-,44-/m1/s1. The van der Waals surface area contributed by atoms with Gasteiger partial charge in [0.05, 0.1) is 46.2 Å². The molecule has 35 atom stereocenters. The number of aliphatic carboxylic acids is 1. The highest BCUT2D eigenvalue weighted by molar-refractivity contribution is 5.68. The van der Waals surface area contributed by atoms with Crippen molar-refractivity contribution in [3.05, 3.63) is 0 Å². The van der Waals surface area contributed by atoms with Crippen LogP contribution in [0, 0.1) is 0 Å². The maximum absolute atomic E-state index is 11.8. The Kier molecular flexibility index (Phi) is 22.4. The molecule has 0 aromatic heterocycles. The Hall–Kier alpha value is -1.93. The molecule has 21 heterocycles. The molecule has 0 radical (unpaired) electrons. The van der Waals surface area contributed by atoms with Crippen LogP contribution in [0.25, 0.3) is 0 Å². The number of carboxylic acids is 1. The average Bonchev–Trinajstić information content (AvgIpc) is 3.65. The van der Waals surface area contributed by atoms with Crippen LogP contribution >= 0.6 is 0 Å².